The number of aryl methyl sites for hydroxylation is 1. The maximum atomic E-state index is 12.8. The summed E-state index contributed by atoms with van der Waals surface area (Å²) in [7, 11) is 0. The lowest BCUT2D eigenvalue weighted by molar-refractivity contribution is -0.117. The topological polar surface area (TPSA) is 58.2 Å². The van der Waals surface area contributed by atoms with Gasteiger partial charge in [0.15, 0.2) is 0 Å². The van der Waals surface area contributed by atoms with Crippen molar-refractivity contribution in [1.82, 2.24) is 0 Å². The van der Waals surface area contributed by atoms with Gasteiger partial charge in [0, 0.05) is 30.1 Å². The van der Waals surface area contributed by atoms with Crippen LogP contribution in [0.3, 0.4) is 0 Å². The van der Waals surface area contributed by atoms with Gasteiger partial charge >= 0.3 is 0 Å². The van der Waals surface area contributed by atoms with Crippen molar-refractivity contribution in [1.29, 1.82) is 0 Å². The quantitative estimate of drug-likeness (QED) is 0.682. The van der Waals surface area contributed by atoms with Crippen molar-refractivity contribution in [3.8, 4) is 0 Å². The van der Waals surface area contributed by atoms with Gasteiger partial charge in [0.05, 0.1) is 0 Å². The molecule has 4 rings (SSSR count). The molecule has 140 valence electrons. The van der Waals surface area contributed by atoms with Gasteiger partial charge in [-0.25, -0.2) is 0 Å². The van der Waals surface area contributed by atoms with E-state index >= 15 is 0 Å². The third kappa shape index (κ3) is 4.12. The maximum absolute atomic E-state index is 12.8. The van der Waals surface area contributed by atoms with Gasteiger partial charge in [-0.2, -0.15) is 0 Å². The van der Waals surface area contributed by atoms with E-state index in [0.717, 1.165) is 28.1 Å². The molecule has 0 aliphatic carbocycles. The predicted molar refractivity (Wildman–Crippen MR) is 111 cm³/mol. The van der Waals surface area contributed by atoms with E-state index in [4.69, 9.17) is 0 Å². The summed E-state index contributed by atoms with van der Waals surface area (Å²) in [5, 5.41) is 5.89. The van der Waals surface area contributed by atoms with Crippen LogP contribution in [-0.4, -0.2) is 11.8 Å². The Bertz CT molecular complexity index is 945. The molecular formula is C24H22N2O2. The molecule has 3 aromatic carbocycles. The van der Waals surface area contributed by atoms with Gasteiger partial charge in [0.25, 0.3) is 0 Å². The Morgan fingerprint density at radius 3 is 2.18 bits per heavy atom. The van der Waals surface area contributed by atoms with E-state index < -0.39 is 0 Å². The Hall–Kier alpha value is -3.40. The van der Waals surface area contributed by atoms with Crippen molar-refractivity contribution in [2.75, 3.05) is 10.6 Å². The first-order valence-corrected chi connectivity index (χ1v) is 9.51. The third-order valence-corrected chi connectivity index (χ3v) is 5.08. The molecule has 0 fully saturated rings. The molecule has 0 radical (unpaired) electrons. The number of carbonyl (C=O) groups excluding carboxylic acids is 2. The van der Waals surface area contributed by atoms with Crippen molar-refractivity contribution < 1.29 is 9.59 Å². The fraction of sp³-hybridized carbons (Fsp3) is 0.167. The van der Waals surface area contributed by atoms with Gasteiger partial charge in [-0.15, -0.1) is 0 Å². The molecule has 3 aromatic rings. The van der Waals surface area contributed by atoms with Crippen LogP contribution in [0, 0.1) is 0 Å². The summed E-state index contributed by atoms with van der Waals surface area (Å²) < 4.78 is 0. The van der Waals surface area contributed by atoms with E-state index in [2.05, 4.69) is 34.9 Å². The molecule has 0 saturated heterocycles. The van der Waals surface area contributed by atoms with E-state index in [-0.39, 0.29) is 17.7 Å². The van der Waals surface area contributed by atoms with Gasteiger partial charge < -0.3 is 10.6 Å². The zero-order chi connectivity index (χ0) is 19.3. The Kier molecular flexibility index (Phi) is 5.20. The number of nitrogens with one attached hydrogen (secondary N) is 2. The maximum Gasteiger partial charge on any atom is 0.225 e. The molecule has 2 amide bonds. The van der Waals surface area contributed by atoms with Crippen molar-refractivity contribution in [3.05, 3.63) is 95.6 Å². The number of anilines is 2. The van der Waals surface area contributed by atoms with Crippen molar-refractivity contribution in [2.45, 2.75) is 25.2 Å². The van der Waals surface area contributed by atoms with Crippen LogP contribution in [-0.2, 0) is 16.0 Å². The highest BCUT2D eigenvalue weighted by Crippen LogP contribution is 2.29. The molecule has 0 unspecified atom stereocenters. The summed E-state index contributed by atoms with van der Waals surface area (Å²) in [4.78, 5) is 24.3. The summed E-state index contributed by atoms with van der Waals surface area (Å²) in [6, 6.07) is 25.9. The zero-order valence-corrected chi connectivity index (χ0v) is 15.5. The first-order valence-electron chi connectivity index (χ1n) is 9.51. The average molecular weight is 370 g/mol. The highest BCUT2D eigenvalue weighted by Gasteiger charge is 2.19. The number of benzene rings is 3. The van der Waals surface area contributed by atoms with E-state index in [1.54, 1.807) is 0 Å². The molecule has 0 spiro atoms. The smallest absolute Gasteiger partial charge is 0.225 e. The second-order valence-corrected chi connectivity index (χ2v) is 7.05. The fourth-order valence-corrected chi connectivity index (χ4v) is 3.66. The molecule has 4 nitrogen and oxygen atoms in total. The molecular weight excluding hydrogens is 348 g/mol. The SMILES string of the molecule is O=C(CC(c1ccccc1)c1ccccc1)Nc1ccc2c(c1)CCC(=O)N2. The summed E-state index contributed by atoms with van der Waals surface area (Å²) in [5.74, 6) is 0.00895. The minimum absolute atomic E-state index is 0.000634. The molecule has 1 heterocycles. The molecule has 0 aromatic heterocycles. The van der Waals surface area contributed by atoms with E-state index in [0.29, 0.717) is 19.3 Å². The summed E-state index contributed by atoms with van der Waals surface area (Å²) in [6.07, 6.45) is 1.54. The second kappa shape index (κ2) is 8.09. The predicted octanol–water partition coefficient (Wildman–Crippen LogP) is 4.73. The van der Waals surface area contributed by atoms with E-state index in [9.17, 15) is 9.59 Å². The van der Waals surface area contributed by atoms with Crippen LogP contribution < -0.4 is 10.6 Å². The Balaban J connectivity index is 1.52. The molecule has 0 bridgehead atoms. The number of hydrogen-bond donors (Lipinski definition) is 2. The minimum atomic E-state index is -0.0301. The number of fused-ring (bicyclic) bond motifs is 1. The first kappa shape index (κ1) is 18.0. The number of hydrogen-bond acceptors (Lipinski definition) is 2. The fourth-order valence-electron chi connectivity index (χ4n) is 3.66. The highest BCUT2D eigenvalue weighted by molar-refractivity contribution is 5.96. The van der Waals surface area contributed by atoms with Gasteiger partial charge in [-0.3, -0.25) is 9.59 Å². The average Bonchev–Trinajstić information content (AvgIpc) is 2.73. The molecule has 0 saturated carbocycles. The minimum Gasteiger partial charge on any atom is -0.326 e. The first-order chi connectivity index (χ1) is 13.7. The van der Waals surface area contributed by atoms with Crippen molar-refractivity contribution in [3.63, 3.8) is 0 Å². The van der Waals surface area contributed by atoms with Gasteiger partial charge in [0.2, 0.25) is 11.8 Å². The number of carbonyl (C=O) groups is 2. The lowest BCUT2D eigenvalue weighted by Gasteiger charge is -2.19. The van der Waals surface area contributed by atoms with Crippen molar-refractivity contribution >= 4 is 23.2 Å². The van der Waals surface area contributed by atoms with Crippen LogP contribution in [0.2, 0.25) is 0 Å². The Morgan fingerprint density at radius 2 is 1.54 bits per heavy atom. The van der Waals surface area contributed by atoms with Crippen LogP contribution in [0.15, 0.2) is 78.9 Å². The third-order valence-electron chi connectivity index (χ3n) is 5.08. The lowest BCUT2D eigenvalue weighted by atomic mass is 9.88. The van der Waals surface area contributed by atoms with Crippen LogP contribution in [0.4, 0.5) is 11.4 Å². The molecule has 4 heteroatoms. The second-order valence-electron chi connectivity index (χ2n) is 7.05. The lowest BCUT2D eigenvalue weighted by Crippen LogP contribution is -2.20. The zero-order valence-electron chi connectivity index (χ0n) is 15.5. The van der Waals surface area contributed by atoms with Gasteiger partial charge in [-0.1, -0.05) is 60.7 Å². The highest BCUT2D eigenvalue weighted by atomic mass is 16.2. The summed E-state index contributed by atoms with van der Waals surface area (Å²) >= 11 is 0. The number of rotatable bonds is 5. The normalized spacial score (nSPS) is 13.0. The Morgan fingerprint density at radius 1 is 0.893 bits per heavy atom. The van der Waals surface area contributed by atoms with E-state index in [1.165, 1.54) is 0 Å². The van der Waals surface area contributed by atoms with Crippen molar-refractivity contribution in [2.24, 2.45) is 0 Å². The molecule has 1 aliphatic heterocycles. The summed E-state index contributed by atoms with van der Waals surface area (Å²) in [5.41, 5.74) is 4.90. The molecule has 0 atom stereocenters. The van der Waals surface area contributed by atoms with Crippen LogP contribution in [0.5, 0.6) is 0 Å². The van der Waals surface area contributed by atoms with Gasteiger partial charge in [0.1, 0.15) is 0 Å². The Labute approximate surface area is 164 Å². The molecule has 1 aliphatic rings. The van der Waals surface area contributed by atoms with Crippen LogP contribution in [0.1, 0.15) is 35.4 Å². The summed E-state index contributed by atoms with van der Waals surface area (Å²) in [6.45, 7) is 0. The van der Waals surface area contributed by atoms with Crippen LogP contribution >= 0.6 is 0 Å². The largest absolute Gasteiger partial charge is 0.326 e. The molecule has 2 N–H and O–H groups in total. The number of amides is 2. The van der Waals surface area contributed by atoms with Gasteiger partial charge in [-0.05, 0) is 41.3 Å². The standard InChI is InChI=1S/C24H22N2O2/c27-23-14-11-19-15-20(12-13-22(19)26-23)25-24(28)16-21(17-7-3-1-4-8-17)18-9-5-2-6-10-18/h1-10,12-13,15,21H,11,14,16H2,(H,25,28)(H,26,27). The van der Waals surface area contributed by atoms with Crippen LogP contribution in [0.25, 0.3) is 0 Å². The van der Waals surface area contributed by atoms with E-state index in [1.807, 2.05) is 54.6 Å². The molecule has 28 heavy (non-hydrogen) atoms. The monoisotopic (exact) mass is 370 g/mol.